The van der Waals surface area contributed by atoms with E-state index in [0.29, 0.717) is 28.8 Å². The van der Waals surface area contributed by atoms with Gasteiger partial charge in [-0.15, -0.1) is 10.2 Å². The lowest BCUT2D eigenvalue weighted by Crippen LogP contribution is -2.45. The summed E-state index contributed by atoms with van der Waals surface area (Å²) in [6.07, 6.45) is 5.32. The van der Waals surface area contributed by atoms with E-state index < -0.39 is 0 Å². The van der Waals surface area contributed by atoms with E-state index in [2.05, 4.69) is 20.0 Å². The fourth-order valence-electron chi connectivity index (χ4n) is 3.79. The highest BCUT2D eigenvalue weighted by Gasteiger charge is 2.38. The van der Waals surface area contributed by atoms with E-state index in [4.69, 9.17) is 4.42 Å². The number of aryl methyl sites for hydroxylation is 1. The molecular weight excluding hydrogens is 312 g/mol. The van der Waals surface area contributed by atoms with Crippen LogP contribution in [0, 0.1) is 18.8 Å². The number of nitrogens with zero attached hydrogens (tertiary/aromatic N) is 4. The molecule has 1 saturated carbocycles. The first-order valence-corrected chi connectivity index (χ1v) is 9.60. The fraction of sp³-hybridized carbons (Fsp3) is 0.812. The Morgan fingerprint density at radius 3 is 2.83 bits per heavy atom. The number of piperidine rings is 1. The smallest absolute Gasteiger partial charge is 0.277 e. The first-order chi connectivity index (χ1) is 11.2. The average Bonchev–Trinajstić information content (AvgIpc) is 3.31. The first-order valence-electron chi connectivity index (χ1n) is 8.62. The molecule has 126 valence electrons. The van der Waals surface area contributed by atoms with E-state index in [1.807, 2.05) is 0 Å². The van der Waals surface area contributed by atoms with Gasteiger partial charge in [0.25, 0.3) is 5.22 Å². The molecule has 1 aliphatic carbocycles. The Morgan fingerprint density at radius 2 is 2.09 bits per heavy atom. The SMILES string of the molecule is Cc1nnc(SCC(=O)N2C[C@H]3CC[C@@H](C2)N(CC2CC2)C3)o1. The standard InChI is InChI=1S/C16H24N4O2S/c1-11-17-18-16(22-11)23-10-15(21)20-8-13-4-5-14(9-20)19(7-13)6-12-2-3-12/h12-14H,2-10H2,1H3/t13-,14-/m0/s1. The van der Waals surface area contributed by atoms with Gasteiger partial charge in [-0.25, -0.2) is 0 Å². The molecule has 1 aromatic heterocycles. The molecule has 4 fully saturated rings. The molecule has 2 bridgehead atoms. The van der Waals surface area contributed by atoms with Crippen LogP contribution in [0.3, 0.4) is 0 Å². The zero-order chi connectivity index (χ0) is 15.8. The number of fused-ring (bicyclic) bond motifs is 4. The molecule has 0 unspecified atom stereocenters. The quantitative estimate of drug-likeness (QED) is 0.764. The van der Waals surface area contributed by atoms with Crippen LogP contribution in [0.25, 0.3) is 0 Å². The molecule has 0 aromatic carbocycles. The molecule has 2 atom stereocenters. The van der Waals surface area contributed by atoms with Crippen LogP contribution in [-0.4, -0.2) is 63.9 Å². The molecule has 1 aromatic rings. The van der Waals surface area contributed by atoms with E-state index in [0.717, 1.165) is 19.0 Å². The van der Waals surface area contributed by atoms with Crippen molar-refractivity contribution in [1.82, 2.24) is 20.0 Å². The predicted octanol–water partition coefficient (Wildman–Crippen LogP) is 1.80. The van der Waals surface area contributed by atoms with Crippen molar-refractivity contribution in [2.45, 2.75) is 43.9 Å². The average molecular weight is 336 g/mol. The van der Waals surface area contributed by atoms with Crippen molar-refractivity contribution in [2.75, 3.05) is 31.9 Å². The molecule has 4 heterocycles. The van der Waals surface area contributed by atoms with Crippen LogP contribution in [0.1, 0.15) is 31.6 Å². The highest BCUT2D eigenvalue weighted by Crippen LogP contribution is 2.35. The number of thioether (sulfide) groups is 1. The van der Waals surface area contributed by atoms with Crippen LogP contribution in [0.2, 0.25) is 0 Å². The summed E-state index contributed by atoms with van der Waals surface area (Å²) < 4.78 is 5.33. The maximum atomic E-state index is 12.6. The van der Waals surface area contributed by atoms with Gasteiger partial charge in [-0.3, -0.25) is 9.69 Å². The Balaban J connectivity index is 1.34. The van der Waals surface area contributed by atoms with Crippen LogP contribution in [0.4, 0.5) is 0 Å². The van der Waals surface area contributed by atoms with Crippen LogP contribution >= 0.6 is 11.8 Å². The number of amides is 1. The van der Waals surface area contributed by atoms with Crippen molar-refractivity contribution in [3.05, 3.63) is 5.89 Å². The Bertz CT molecular complexity index is 574. The Kier molecular flexibility index (Phi) is 4.32. The lowest BCUT2D eigenvalue weighted by Gasteiger charge is -2.36. The Hall–Kier alpha value is -1.08. The van der Waals surface area contributed by atoms with Crippen LogP contribution in [0.15, 0.2) is 9.64 Å². The summed E-state index contributed by atoms with van der Waals surface area (Å²) in [7, 11) is 0. The summed E-state index contributed by atoms with van der Waals surface area (Å²) in [5.41, 5.74) is 0. The molecule has 0 N–H and O–H groups in total. The monoisotopic (exact) mass is 336 g/mol. The second-order valence-electron chi connectivity index (χ2n) is 7.17. The lowest BCUT2D eigenvalue weighted by molar-refractivity contribution is -0.128. The molecular formula is C16H24N4O2S. The minimum absolute atomic E-state index is 0.205. The van der Waals surface area contributed by atoms with E-state index in [9.17, 15) is 4.79 Å². The zero-order valence-electron chi connectivity index (χ0n) is 13.6. The van der Waals surface area contributed by atoms with Gasteiger partial charge >= 0.3 is 0 Å². The van der Waals surface area contributed by atoms with Crippen molar-refractivity contribution in [2.24, 2.45) is 11.8 Å². The van der Waals surface area contributed by atoms with Gasteiger partial charge in [-0.1, -0.05) is 11.8 Å². The van der Waals surface area contributed by atoms with Gasteiger partial charge in [0.1, 0.15) is 0 Å². The molecule has 4 aliphatic rings. The lowest BCUT2D eigenvalue weighted by atomic mass is 9.95. The van der Waals surface area contributed by atoms with Crippen LogP contribution in [-0.2, 0) is 4.79 Å². The minimum Gasteiger partial charge on any atom is -0.416 e. The largest absolute Gasteiger partial charge is 0.416 e. The fourth-order valence-corrected chi connectivity index (χ4v) is 4.50. The van der Waals surface area contributed by atoms with Gasteiger partial charge < -0.3 is 9.32 Å². The van der Waals surface area contributed by atoms with Gasteiger partial charge in [-0.2, -0.15) is 0 Å². The third-order valence-corrected chi connectivity index (χ3v) is 6.00. The first kappa shape index (κ1) is 15.4. The third kappa shape index (κ3) is 3.71. The third-order valence-electron chi connectivity index (χ3n) is 5.20. The number of carbonyl (C=O) groups excluding carboxylic acids is 1. The topological polar surface area (TPSA) is 62.5 Å². The summed E-state index contributed by atoms with van der Waals surface area (Å²) in [6.45, 7) is 6.01. The molecule has 7 heteroatoms. The van der Waals surface area contributed by atoms with E-state index in [1.165, 1.54) is 50.5 Å². The van der Waals surface area contributed by atoms with Crippen molar-refractivity contribution in [1.29, 1.82) is 0 Å². The highest BCUT2D eigenvalue weighted by atomic mass is 32.2. The van der Waals surface area contributed by atoms with Gasteiger partial charge in [-0.05, 0) is 37.5 Å². The van der Waals surface area contributed by atoms with E-state index >= 15 is 0 Å². The molecule has 0 radical (unpaired) electrons. The normalized spacial score (nSPS) is 28.1. The van der Waals surface area contributed by atoms with Gasteiger partial charge in [0.2, 0.25) is 11.8 Å². The predicted molar refractivity (Wildman–Crippen MR) is 87.1 cm³/mol. The maximum absolute atomic E-state index is 12.6. The number of aromatic nitrogens is 2. The second kappa shape index (κ2) is 6.43. The maximum Gasteiger partial charge on any atom is 0.277 e. The Labute approximate surface area is 141 Å². The zero-order valence-corrected chi connectivity index (χ0v) is 14.4. The molecule has 5 rings (SSSR count). The molecule has 6 nitrogen and oxygen atoms in total. The summed E-state index contributed by atoms with van der Waals surface area (Å²) in [5, 5.41) is 8.23. The molecule has 23 heavy (non-hydrogen) atoms. The number of hydrogen-bond donors (Lipinski definition) is 0. The van der Waals surface area contributed by atoms with Gasteiger partial charge in [0.15, 0.2) is 0 Å². The molecule has 3 aliphatic heterocycles. The second-order valence-corrected chi connectivity index (χ2v) is 8.10. The summed E-state index contributed by atoms with van der Waals surface area (Å²) in [5.74, 6) is 2.71. The van der Waals surface area contributed by atoms with Crippen molar-refractivity contribution in [3.8, 4) is 0 Å². The van der Waals surface area contributed by atoms with Crippen molar-refractivity contribution < 1.29 is 9.21 Å². The van der Waals surface area contributed by atoms with E-state index in [-0.39, 0.29) is 5.91 Å². The highest BCUT2D eigenvalue weighted by molar-refractivity contribution is 7.99. The molecule has 0 spiro atoms. The van der Waals surface area contributed by atoms with Gasteiger partial charge in [0, 0.05) is 39.1 Å². The van der Waals surface area contributed by atoms with Crippen LogP contribution < -0.4 is 0 Å². The number of carbonyl (C=O) groups is 1. The van der Waals surface area contributed by atoms with Crippen molar-refractivity contribution >= 4 is 17.7 Å². The van der Waals surface area contributed by atoms with Gasteiger partial charge in [0.05, 0.1) is 5.75 Å². The number of rotatable bonds is 5. The summed E-state index contributed by atoms with van der Waals surface area (Å²) in [4.78, 5) is 17.3. The summed E-state index contributed by atoms with van der Waals surface area (Å²) >= 11 is 1.35. The van der Waals surface area contributed by atoms with Crippen molar-refractivity contribution in [3.63, 3.8) is 0 Å². The Morgan fingerprint density at radius 1 is 1.22 bits per heavy atom. The molecule has 1 amide bonds. The number of hydrogen-bond acceptors (Lipinski definition) is 6. The summed E-state index contributed by atoms with van der Waals surface area (Å²) in [6, 6.07) is 0.564. The minimum atomic E-state index is 0.205. The van der Waals surface area contributed by atoms with E-state index in [1.54, 1.807) is 6.92 Å². The van der Waals surface area contributed by atoms with Crippen LogP contribution in [0.5, 0.6) is 0 Å². The molecule has 3 saturated heterocycles.